The predicted octanol–water partition coefficient (Wildman–Crippen LogP) is 0.282. The number of rotatable bonds is 3. The summed E-state index contributed by atoms with van der Waals surface area (Å²) in [5.41, 5.74) is 0.580. The molecule has 0 bridgehead atoms. The molecule has 20 heavy (non-hydrogen) atoms. The highest BCUT2D eigenvalue weighted by atomic mass is 16.5. The van der Waals surface area contributed by atoms with Gasteiger partial charge in [-0.15, -0.1) is 0 Å². The van der Waals surface area contributed by atoms with Crippen LogP contribution >= 0.6 is 0 Å². The number of piperazine rings is 1. The van der Waals surface area contributed by atoms with E-state index < -0.39 is 6.04 Å². The molecular weight excluding hydrogens is 260 g/mol. The molecule has 0 aromatic heterocycles. The Morgan fingerprint density at radius 3 is 2.55 bits per heavy atom. The number of hydrogen-bond donors (Lipinski definition) is 1. The maximum atomic E-state index is 12.4. The van der Waals surface area contributed by atoms with Crippen LogP contribution in [-0.4, -0.2) is 56.7 Å². The lowest BCUT2D eigenvalue weighted by molar-refractivity contribution is -0.144. The summed E-state index contributed by atoms with van der Waals surface area (Å²) in [4.78, 5) is 25.5. The van der Waals surface area contributed by atoms with Gasteiger partial charge in [-0.05, 0) is 24.3 Å². The zero-order valence-electron chi connectivity index (χ0n) is 11.6. The van der Waals surface area contributed by atoms with Gasteiger partial charge in [-0.1, -0.05) is 0 Å². The van der Waals surface area contributed by atoms with Gasteiger partial charge in [-0.2, -0.15) is 0 Å². The largest absolute Gasteiger partial charge is 0.497 e. The summed E-state index contributed by atoms with van der Waals surface area (Å²) < 4.78 is 9.76. The second-order valence-corrected chi connectivity index (χ2v) is 4.51. The minimum Gasteiger partial charge on any atom is -0.497 e. The first-order valence-corrected chi connectivity index (χ1v) is 6.40. The number of esters is 1. The molecule has 1 heterocycles. The Morgan fingerprint density at radius 2 is 1.95 bits per heavy atom. The molecule has 2 rings (SSSR count). The topological polar surface area (TPSA) is 67.9 Å². The minimum atomic E-state index is -0.462. The van der Waals surface area contributed by atoms with Gasteiger partial charge >= 0.3 is 5.97 Å². The van der Waals surface area contributed by atoms with Crippen LogP contribution in [0.2, 0.25) is 0 Å². The van der Waals surface area contributed by atoms with Crippen molar-refractivity contribution in [2.24, 2.45) is 0 Å². The van der Waals surface area contributed by atoms with Crippen molar-refractivity contribution in [3.8, 4) is 5.75 Å². The van der Waals surface area contributed by atoms with Crippen LogP contribution in [0.3, 0.4) is 0 Å². The minimum absolute atomic E-state index is 0.0944. The quantitative estimate of drug-likeness (QED) is 0.805. The fourth-order valence-corrected chi connectivity index (χ4v) is 2.15. The summed E-state index contributed by atoms with van der Waals surface area (Å²) in [6, 6.07) is 6.46. The summed E-state index contributed by atoms with van der Waals surface area (Å²) >= 11 is 0. The summed E-state index contributed by atoms with van der Waals surface area (Å²) in [5.74, 6) is 0.259. The van der Waals surface area contributed by atoms with Crippen LogP contribution in [0.5, 0.6) is 5.75 Å². The molecule has 1 aliphatic heterocycles. The van der Waals surface area contributed by atoms with Crippen molar-refractivity contribution in [3.05, 3.63) is 29.8 Å². The van der Waals surface area contributed by atoms with Gasteiger partial charge in [0.25, 0.3) is 5.91 Å². The first-order valence-electron chi connectivity index (χ1n) is 6.40. The van der Waals surface area contributed by atoms with Crippen molar-refractivity contribution in [3.63, 3.8) is 0 Å². The molecule has 1 aliphatic rings. The third-order valence-electron chi connectivity index (χ3n) is 3.29. The summed E-state index contributed by atoms with van der Waals surface area (Å²) in [7, 11) is 2.92. The third kappa shape index (κ3) is 3.08. The molecule has 1 unspecified atom stereocenters. The van der Waals surface area contributed by atoms with E-state index in [9.17, 15) is 9.59 Å². The zero-order valence-corrected chi connectivity index (χ0v) is 11.6. The Labute approximate surface area is 117 Å². The molecule has 108 valence electrons. The third-order valence-corrected chi connectivity index (χ3v) is 3.29. The normalized spacial score (nSPS) is 18.5. The van der Waals surface area contributed by atoms with E-state index in [1.807, 2.05) is 0 Å². The van der Waals surface area contributed by atoms with Crippen LogP contribution in [0, 0.1) is 0 Å². The number of nitrogens with zero attached hydrogens (tertiary/aromatic N) is 1. The van der Waals surface area contributed by atoms with Gasteiger partial charge in [-0.25, -0.2) is 0 Å². The number of carbonyl (C=O) groups excluding carboxylic acids is 2. The van der Waals surface area contributed by atoms with E-state index in [4.69, 9.17) is 9.47 Å². The second kappa shape index (κ2) is 6.38. The van der Waals surface area contributed by atoms with E-state index in [0.717, 1.165) is 0 Å². The van der Waals surface area contributed by atoms with Crippen LogP contribution in [0.1, 0.15) is 10.4 Å². The molecule has 0 radical (unpaired) electrons. The van der Waals surface area contributed by atoms with Crippen LogP contribution < -0.4 is 10.1 Å². The lowest BCUT2D eigenvalue weighted by Gasteiger charge is -2.32. The van der Waals surface area contributed by atoms with E-state index >= 15 is 0 Å². The van der Waals surface area contributed by atoms with Gasteiger partial charge in [0.05, 0.1) is 14.2 Å². The highest BCUT2D eigenvalue weighted by Crippen LogP contribution is 2.14. The molecule has 0 spiro atoms. The molecule has 1 N–H and O–H groups in total. The van der Waals surface area contributed by atoms with Gasteiger partial charge in [-0.3, -0.25) is 9.59 Å². The number of benzene rings is 1. The highest BCUT2D eigenvalue weighted by Gasteiger charge is 2.29. The van der Waals surface area contributed by atoms with Crippen molar-refractivity contribution in [2.45, 2.75) is 6.04 Å². The van der Waals surface area contributed by atoms with E-state index in [0.29, 0.717) is 30.9 Å². The lowest BCUT2D eigenvalue weighted by Crippen LogP contribution is -2.56. The Hall–Kier alpha value is -2.08. The Morgan fingerprint density at radius 1 is 1.25 bits per heavy atom. The summed E-state index contributed by atoms with van der Waals surface area (Å²) in [5, 5.41) is 3.04. The number of nitrogens with one attached hydrogen (secondary N) is 1. The Balaban J connectivity index is 2.05. The number of ether oxygens (including phenoxy) is 2. The van der Waals surface area contributed by atoms with Crippen molar-refractivity contribution >= 4 is 11.9 Å². The molecule has 1 aromatic carbocycles. The van der Waals surface area contributed by atoms with E-state index in [-0.39, 0.29) is 11.9 Å². The van der Waals surface area contributed by atoms with Gasteiger partial charge in [0.1, 0.15) is 11.8 Å². The zero-order chi connectivity index (χ0) is 14.5. The molecule has 0 saturated carbocycles. The average Bonchev–Trinajstić information content (AvgIpc) is 2.53. The van der Waals surface area contributed by atoms with E-state index in [1.54, 1.807) is 36.3 Å². The Bertz CT molecular complexity index is 486. The smallest absolute Gasteiger partial charge is 0.324 e. The predicted molar refractivity (Wildman–Crippen MR) is 72.7 cm³/mol. The molecule has 1 atom stereocenters. The maximum Gasteiger partial charge on any atom is 0.324 e. The van der Waals surface area contributed by atoms with Crippen molar-refractivity contribution in [1.29, 1.82) is 0 Å². The van der Waals surface area contributed by atoms with Crippen LogP contribution in [0.15, 0.2) is 24.3 Å². The number of amides is 1. The van der Waals surface area contributed by atoms with Gasteiger partial charge in [0.2, 0.25) is 0 Å². The first kappa shape index (κ1) is 14.3. The highest BCUT2D eigenvalue weighted by molar-refractivity contribution is 5.94. The molecular formula is C14H18N2O4. The van der Waals surface area contributed by atoms with Gasteiger partial charge in [0.15, 0.2) is 0 Å². The molecule has 6 heteroatoms. The average molecular weight is 278 g/mol. The molecule has 1 amide bonds. The fourth-order valence-electron chi connectivity index (χ4n) is 2.15. The van der Waals surface area contributed by atoms with Crippen LogP contribution in [0.25, 0.3) is 0 Å². The van der Waals surface area contributed by atoms with Gasteiger partial charge < -0.3 is 19.7 Å². The van der Waals surface area contributed by atoms with Crippen LogP contribution in [0.4, 0.5) is 0 Å². The summed E-state index contributed by atoms with van der Waals surface area (Å²) in [6.45, 7) is 1.46. The first-order chi connectivity index (χ1) is 9.65. The lowest BCUT2D eigenvalue weighted by atomic mass is 10.1. The number of carbonyl (C=O) groups is 2. The maximum absolute atomic E-state index is 12.4. The fraction of sp³-hybridized carbons (Fsp3) is 0.429. The Kier molecular flexibility index (Phi) is 4.57. The monoisotopic (exact) mass is 278 g/mol. The molecule has 1 aromatic rings. The number of hydrogen-bond acceptors (Lipinski definition) is 5. The van der Waals surface area contributed by atoms with Gasteiger partial charge in [0, 0.05) is 25.2 Å². The molecule has 1 saturated heterocycles. The van der Waals surface area contributed by atoms with Crippen molar-refractivity contribution < 1.29 is 19.1 Å². The SMILES string of the molecule is COC(=O)C1CN(C(=O)c2ccc(OC)cc2)CCN1. The van der Waals surface area contributed by atoms with E-state index in [1.165, 1.54) is 7.11 Å². The van der Waals surface area contributed by atoms with Crippen LogP contribution in [-0.2, 0) is 9.53 Å². The van der Waals surface area contributed by atoms with E-state index in [2.05, 4.69) is 5.32 Å². The second-order valence-electron chi connectivity index (χ2n) is 4.51. The van der Waals surface area contributed by atoms with Crippen molar-refractivity contribution in [1.82, 2.24) is 10.2 Å². The van der Waals surface area contributed by atoms with Crippen molar-refractivity contribution in [2.75, 3.05) is 33.9 Å². The molecule has 6 nitrogen and oxygen atoms in total. The molecule has 1 fully saturated rings. The number of methoxy groups -OCH3 is 2. The summed E-state index contributed by atoms with van der Waals surface area (Å²) in [6.07, 6.45) is 0. The standard InChI is InChI=1S/C14H18N2O4/c1-19-11-5-3-10(4-6-11)13(17)16-8-7-15-12(9-16)14(18)20-2/h3-6,12,15H,7-9H2,1-2H3. The molecule has 0 aliphatic carbocycles.